The highest BCUT2D eigenvalue weighted by Gasteiger charge is 2.09. The Morgan fingerprint density at radius 2 is 2.29 bits per heavy atom. The predicted octanol–water partition coefficient (Wildman–Crippen LogP) is 2.20. The lowest BCUT2D eigenvalue weighted by Crippen LogP contribution is -2.11. The molecular weight excluding hydrogens is 176 g/mol. The Bertz CT molecular complexity index is 299. The van der Waals surface area contributed by atoms with Crippen LogP contribution in [0, 0.1) is 6.92 Å². The van der Waals surface area contributed by atoms with Crippen molar-refractivity contribution in [3.8, 4) is 5.88 Å². The third-order valence-electron chi connectivity index (χ3n) is 2.33. The van der Waals surface area contributed by atoms with E-state index >= 15 is 0 Å². The summed E-state index contributed by atoms with van der Waals surface area (Å²) in [6, 6.07) is 2.02. The van der Waals surface area contributed by atoms with E-state index in [2.05, 4.69) is 11.9 Å². The highest BCUT2D eigenvalue weighted by atomic mass is 16.5. The predicted molar refractivity (Wildman–Crippen MR) is 57.4 cm³/mol. The molecule has 78 valence electrons. The minimum atomic E-state index is 0.0957. The molecule has 2 N–H and O–H groups in total. The van der Waals surface area contributed by atoms with Crippen molar-refractivity contribution in [1.82, 2.24) is 4.98 Å². The van der Waals surface area contributed by atoms with E-state index in [1.165, 1.54) is 0 Å². The second kappa shape index (κ2) is 4.96. The number of aryl methyl sites for hydroxylation is 1. The van der Waals surface area contributed by atoms with E-state index in [9.17, 15) is 0 Å². The molecule has 3 nitrogen and oxygen atoms in total. The lowest BCUT2D eigenvalue weighted by Gasteiger charge is -2.13. The molecule has 0 fully saturated rings. The number of aromatic nitrogens is 1. The molecule has 0 spiro atoms. The zero-order valence-electron chi connectivity index (χ0n) is 9.08. The molecule has 0 radical (unpaired) electrons. The van der Waals surface area contributed by atoms with E-state index in [-0.39, 0.29) is 6.04 Å². The molecule has 1 heterocycles. The van der Waals surface area contributed by atoms with Crippen molar-refractivity contribution in [1.29, 1.82) is 0 Å². The van der Waals surface area contributed by atoms with Crippen LogP contribution in [0.1, 0.15) is 36.9 Å². The van der Waals surface area contributed by atoms with Crippen LogP contribution in [0.3, 0.4) is 0 Å². The molecule has 0 saturated carbocycles. The van der Waals surface area contributed by atoms with Crippen LogP contribution in [0.4, 0.5) is 0 Å². The van der Waals surface area contributed by atoms with Crippen molar-refractivity contribution < 1.29 is 4.74 Å². The fourth-order valence-corrected chi connectivity index (χ4v) is 1.51. The van der Waals surface area contributed by atoms with E-state index in [1.807, 2.05) is 19.2 Å². The fraction of sp³-hybridized carbons (Fsp3) is 0.545. The monoisotopic (exact) mass is 194 g/mol. The maximum atomic E-state index is 6.02. The van der Waals surface area contributed by atoms with Crippen molar-refractivity contribution in [2.75, 3.05) is 7.11 Å². The number of pyridine rings is 1. The van der Waals surface area contributed by atoms with E-state index in [4.69, 9.17) is 10.5 Å². The van der Waals surface area contributed by atoms with Crippen LogP contribution in [0.2, 0.25) is 0 Å². The summed E-state index contributed by atoms with van der Waals surface area (Å²) >= 11 is 0. The van der Waals surface area contributed by atoms with Gasteiger partial charge in [-0.25, -0.2) is 4.98 Å². The van der Waals surface area contributed by atoms with E-state index in [1.54, 1.807) is 7.11 Å². The third-order valence-corrected chi connectivity index (χ3v) is 2.33. The van der Waals surface area contributed by atoms with Gasteiger partial charge < -0.3 is 10.5 Å². The summed E-state index contributed by atoms with van der Waals surface area (Å²) in [5.41, 5.74) is 8.29. The average Bonchev–Trinajstić information content (AvgIpc) is 2.17. The number of ether oxygens (including phenoxy) is 1. The molecule has 0 saturated heterocycles. The van der Waals surface area contributed by atoms with Crippen LogP contribution in [0.15, 0.2) is 12.3 Å². The normalized spacial score (nSPS) is 12.6. The van der Waals surface area contributed by atoms with Crippen LogP contribution < -0.4 is 10.5 Å². The Labute approximate surface area is 85.3 Å². The molecule has 1 rings (SSSR count). The minimum absolute atomic E-state index is 0.0957. The molecule has 0 bridgehead atoms. The van der Waals surface area contributed by atoms with Crippen molar-refractivity contribution in [3.63, 3.8) is 0 Å². The zero-order chi connectivity index (χ0) is 10.6. The number of methoxy groups -OCH3 is 1. The molecule has 0 unspecified atom stereocenters. The first-order chi connectivity index (χ1) is 6.69. The molecule has 3 heteroatoms. The number of nitrogens with two attached hydrogens (primary N) is 1. The van der Waals surface area contributed by atoms with Crippen molar-refractivity contribution in [3.05, 3.63) is 23.4 Å². The van der Waals surface area contributed by atoms with Gasteiger partial charge in [0.15, 0.2) is 0 Å². The second-order valence-corrected chi connectivity index (χ2v) is 3.48. The van der Waals surface area contributed by atoms with Gasteiger partial charge in [0.2, 0.25) is 5.88 Å². The van der Waals surface area contributed by atoms with Gasteiger partial charge in [0.05, 0.1) is 7.11 Å². The van der Waals surface area contributed by atoms with Gasteiger partial charge in [-0.1, -0.05) is 13.3 Å². The number of nitrogens with zero attached hydrogens (tertiary/aromatic N) is 1. The molecule has 0 aliphatic carbocycles. The molecule has 1 atom stereocenters. The molecule has 14 heavy (non-hydrogen) atoms. The molecular formula is C11H18N2O. The maximum absolute atomic E-state index is 6.02. The van der Waals surface area contributed by atoms with Gasteiger partial charge in [0.1, 0.15) is 0 Å². The third kappa shape index (κ3) is 2.45. The lowest BCUT2D eigenvalue weighted by atomic mass is 10.0. The van der Waals surface area contributed by atoms with E-state index < -0.39 is 0 Å². The van der Waals surface area contributed by atoms with Gasteiger partial charge in [-0.2, -0.15) is 0 Å². The Balaban J connectivity index is 2.88. The summed E-state index contributed by atoms with van der Waals surface area (Å²) in [6.07, 6.45) is 3.90. The van der Waals surface area contributed by atoms with Crippen LogP contribution >= 0.6 is 0 Å². The molecule has 0 aliphatic rings. The van der Waals surface area contributed by atoms with Crippen LogP contribution in [-0.2, 0) is 0 Å². The Morgan fingerprint density at radius 1 is 1.57 bits per heavy atom. The Kier molecular flexibility index (Phi) is 3.89. The second-order valence-electron chi connectivity index (χ2n) is 3.48. The SMILES string of the molecule is CCC[C@@H](N)c1cnc(OC)cc1C. The standard InChI is InChI=1S/C11H18N2O/c1-4-5-10(12)9-7-13-11(14-3)6-8(9)2/h6-7,10H,4-5,12H2,1-3H3/t10-/m1/s1. The van der Waals surface area contributed by atoms with Crippen molar-refractivity contribution in [2.45, 2.75) is 32.7 Å². The van der Waals surface area contributed by atoms with Gasteiger partial charge in [-0.05, 0) is 24.5 Å². The quantitative estimate of drug-likeness (QED) is 0.799. The van der Waals surface area contributed by atoms with Gasteiger partial charge in [0, 0.05) is 18.3 Å². The fourth-order valence-electron chi connectivity index (χ4n) is 1.51. The number of hydrogen-bond acceptors (Lipinski definition) is 3. The highest BCUT2D eigenvalue weighted by molar-refractivity contribution is 5.30. The summed E-state index contributed by atoms with van der Waals surface area (Å²) in [4.78, 5) is 4.16. The summed E-state index contributed by atoms with van der Waals surface area (Å²) in [5, 5.41) is 0. The topological polar surface area (TPSA) is 48.1 Å². The summed E-state index contributed by atoms with van der Waals surface area (Å²) < 4.78 is 5.04. The molecule has 1 aromatic heterocycles. The molecule has 0 amide bonds. The van der Waals surface area contributed by atoms with Crippen molar-refractivity contribution >= 4 is 0 Å². The summed E-state index contributed by atoms with van der Waals surface area (Å²) in [6.45, 7) is 4.17. The summed E-state index contributed by atoms with van der Waals surface area (Å²) in [5.74, 6) is 0.648. The van der Waals surface area contributed by atoms with Crippen LogP contribution in [-0.4, -0.2) is 12.1 Å². The molecule has 0 aliphatic heterocycles. The first-order valence-electron chi connectivity index (χ1n) is 4.95. The number of hydrogen-bond donors (Lipinski definition) is 1. The molecule has 1 aromatic rings. The number of rotatable bonds is 4. The average molecular weight is 194 g/mol. The Morgan fingerprint density at radius 3 is 2.79 bits per heavy atom. The largest absolute Gasteiger partial charge is 0.481 e. The Hall–Kier alpha value is -1.09. The van der Waals surface area contributed by atoms with Crippen molar-refractivity contribution in [2.24, 2.45) is 5.73 Å². The first-order valence-corrected chi connectivity index (χ1v) is 4.95. The lowest BCUT2D eigenvalue weighted by molar-refractivity contribution is 0.396. The zero-order valence-corrected chi connectivity index (χ0v) is 9.08. The van der Waals surface area contributed by atoms with Gasteiger partial charge in [-0.15, -0.1) is 0 Å². The maximum Gasteiger partial charge on any atom is 0.213 e. The van der Waals surface area contributed by atoms with Crippen LogP contribution in [0.25, 0.3) is 0 Å². The van der Waals surface area contributed by atoms with Crippen LogP contribution in [0.5, 0.6) is 5.88 Å². The molecule has 0 aromatic carbocycles. The van der Waals surface area contributed by atoms with Gasteiger partial charge in [0.25, 0.3) is 0 Å². The highest BCUT2D eigenvalue weighted by Crippen LogP contribution is 2.21. The van der Waals surface area contributed by atoms with Gasteiger partial charge in [-0.3, -0.25) is 0 Å². The summed E-state index contributed by atoms with van der Waals surface area (Å²) in [7, 11) is 1.62. The minimum Gasteiger partial charge on any atom is -0.481 e. The van der Waals surface area contributed by atoms with E-state index in [0.717, 1.165) is 24.0 Å². The van der Waals surface area contributed by atoms with E-state index in [0.29, 0.717) is 5.88 Å². The first kappa shape index (κ1) is 11.0. The smallest absolute Gasteiger partial charge is 0.213 e. The van der Waals surface area contributed by atoms with Gasteiger partial charge >= 0.3 is 0 Å².